The van der Waals surface area contributed by atoms with Crippen LogP contribution in [-0.4, -0.2) is 10.2 Å². The second kappa shape index (κ2) is 3.39. The quantitative estimate of drug-likeness (QED) is 0.739. The van der Waals surface area contributed by atoms with Gasteiger partial charge in [0.2, 0.25) is 0 Å². The molecule has 0 amide bonds. The van der Waals surface area contributed by atoms with Crippen LogP contribution >= 0.6 is 23.2 Å². The van der Waals surface area contributed by atoms with Gasteiger partial charge in [-0.25, -0.2) is 0 Å². The predicted molar refractivity (Wildman–Crippen MR) is 64.8 cm³/mol. The van der Waals surface area contributed by atoms with E-state index in [1.165, 1.54) is 0 Å². The number of fused-ring (bicyclic) bond motifs is 1. The van der Waals surface area contributed by atoms with Crippen molar-refractivity contribution in [1.82, 2.24) is 10.2 Å². The molecule has 0 aliphatic carbocycles. The number of nitrogens with one attached hydrogen (secondary N) is 1. The fraction of sp³-hybridized carbons (Fsp3) is 0.364. The van der Waals surface area contributed by atoms with E-state index in [1.807, 2.05) is 6.07 Å². The summed E-state index contributed by atoms with van der Waals surface area (Å²) in [6.45, 7) is 6.36. The molecule has 2 aromatic rings. The first-order valence-corrected chi connectivity index (χ1v) is 5.49. The molecule has 80 valence electrons. The molecule has 15 heavy (non-hydrogen) atoms. The monoisotopic (exact) mass is 242 g/mol. The zero-order chi connectivity index (χ0) is 11.2. The maximum atomic E-state index is 6.06. The highest BCUT2D eigenvalue weighted by Crippen LogP contribution is 2.33. The smallest absolute Gasteiger partial charge is 0.111 e. The Balaban J connectivity index is 2.80. The molecule has 0 spiro atoms. The summed E-state index contributed by atoms with van der Waals surface area (Å²) in [7, 11) is 0. The molecular formula is C11H12Cl2N2. The van der Waals surface area contributed by atoms with E-state index < -0.39 is 0 Å². The number of rotatable bonds is 0. The lowest BCUT2D eigenvalue weighted by Crippen LogP contribution is -2.11. The lowest BCUT2D eigenvalue weighted by molar-refractivity contribution is 0.571. The Morgan fingerprint density at radius 2 is 1.87 bits per heavy atom. The zero-order valence-corrected chi connectivity index (χ0v) is 10.4. The molecular weight excluding hydrogens is 231 g/mol. The summed E-state index contributed by atoms with van der Waals surface area (Å²) >= 11 is 12.0. The van der Waals surface area contributed by atoms with Crippen LogP contribution < -0.4 is 0 Å². The van der Waals surface area contributed by atoms with E-state index >= 15 is 0 Å². The first kappa shape index (κ1) is 10.8. The molecule has 2 nitrogen and oxygen atoms in total. The zero-order valence-electron chi connectivity index (χ0n) is 8.86. The van der Waals surface area contributed by atoms with Gasteiger partial charge in [0, 0.05) is 21.5 Å². The maximum absolute atomic E-state index is 6.06. The standard InChI is InChI=1S/C11H12Cl2N2/c1-11(2,3)10-7-4-6(12)5-8(13)9(7)14-15-10/h4-5H,1-3H3,(H,14,15). The molecule has 0 unspecified atom stereocenters. The number of aromatic amines is 1. The third-order valence-electron chi connectivity index (χ3n) is 2.33. The molecule has 0 radical (unpaired) electrons. The van der Waals surface area contributed by atoms with Crippen LogP contribution in [0.4, 0.5) is 0 Å². The van der Waals surface area contributed by atoms with Gasteiger partial charge in [-0.05, 0) is 12.1 Å². The van der Waals surface area contributed by atoms with Crippen LogP contribution in [0.25, 0.3) is 10.9 Å². The van der Waals surface area contributed by atoms with Crippen LogP contribution in [0.1, 0.15) is 26.5 Å². The molecule has 0 aliphatic heterocycles. The van der Waals surface area contributed by atoms with Gasteiger partial charge in [0.1, 0.15) is 5.52 Å². The number of nitrogens with zero attached hydrogens (tertiary/aromatic N) is 1. The minimum Gasteiger partial charge on any atom is -0.281 e. The highest BCUT2D eigenvalue weighted by molar-refractivity contribution is 6.38. The first-order chi connectivity index (χ1) is 6.89. The molecule has 0 atom stereocenters. The highest BCUT2D eigenvalue weighted by atomic mass is 35.5. The number of benzene rings is 1. The minimum absolute atomic E-state index is 0.00274. The summed E-state index contributed by atoms with van der Waals surface area (Å²) in [6, 6.07) is 3.60. The maximum Gasteiger partial charge on any atom is 0.111 e. The van der Waals surface area contributed by atoms with Crippen LogP contribution in [0, 0.1) is 0 Å². The van der Waals surface area contributed by atoms with Gasteiger partial charge in [-0.15, -0.1) is 0 Å². The van der Waals surface area contributed by atoms with Crippen molar-refractivity contribution in [3.63, 3.8) is 0 Å². The SMILES string of the molecule is CC(C)(C)c1[nH]nc2c(Cl)cc(Cl)cc12. The average Bonchev–Trinajstić information content (AvgIpc) is 2.45. The highest BCUT2D eigenvalue weighted by Gasteiger charge is 2.20. The number of hydrogen-bond donors (Lipinski definition) is 1. The van der Waals surface area contributed by atoms with E-state index in [2.05, 4.69) is 31.0 Å². The molecule has 0 bridgehead atoms. The lowest BCUT2D eigenvalue weighted by atomic mass is 9.90. The minimum atomic E-state index is 0.00274. The molecule has 0 aliphatic rings. The van der Waals surface area contributed by atoms with Gasteiger partial charge in [-0.1, -0.05) is 44.0 Å². The molecule has 1 heterocycles. The van der Waals surface area contributed by atoms with Gasteiger partial charge >= 0.3 is 0 Å². The molecule has 0 saturated heterocycles. The van der Waals surface area contributed by atoms with Crippen molar-refractivity contribution in [2.75, 3.05) is 0 Å². The van der Waals surface area contributed by atoms with Gasteiger partial charge < -0.3 is 0 Å². The third-order valence-corrected chi connectivity index (χ3v) is 2.83. The number of hydrogen-bond acceptors (Lipinski definition) is 1. The Morgan fingerprint density at radius 1 is 1.20 bits per heavy atom. The second-order valence-corrected chi connectivity index (χ2v) is 5.48. The fourth-order valence-electron chi connectivity index (χ4n) is 1.61. The predicted octanol–water partition coefficient (Wildman–Crippen LogP) is 4.17. The van der Waals surface area contributed by atoms with Crippen LogP contribution in [0.15, 0.2) is 12.1 Å². The first-order valence-electron chi connectivity index (χ1n) is 4.73. The van der Waals surface area contributed by atoms with Gasteiger partial charge in [-0.2, -0.15) is 5.10 Å². The molecule has 4 heteroatoms. The Kier molecular flexibility index (Phi) is 2.44. The van der Waals surface area contributed by atoms with Crippen molar-refractivity contribution in [2.45, 2.75) is 26.2 Å². The van der Waals surface area contributed by atoms with Gasteiger partial charge in [0.05, 0.1) is 5.02 Å². The topological polar surface area (TPSA) is 28.7 Å². The van der Waals surface area contributed by atoms with Crippen LogP contribution in [0.3, 0.4) is 0 Å². The molecule has 1 aromatic carbocycles. The molecule has 1 N–H and O–H groups in total. The molecule has 0 saturated carbocycles. The van der Waals surface area contributed by atoms with E-state index in [1.54, 1.807) is 6.07 Å². The second-order valence-electron chi connectivity index (χ2n) is 4.63. The van der Waals surface area contributed by atoms with E-state index in [0.717, 1.165) is 16.6 Å². The summed E-state index contributed by atoms with van der Waals surface area (Å²) < 4.78 is 0. The number of halogens is 2. The average molecular weight is 243 g/mol. The van der Waals surface area contributed by atoms with Crippen LogP contribution in [0.5, 0.6) is 0 Å². The molecule has 0 fully saturated rings. The van der Waals surface area contributed by atoms with Crippen molar-refractivity contribution in [2.24, 2.45) is 0 Å². The Morgan fingerprint density at radius 3 is 2.47 bits per heavy atom. The van der Waals surface area contributed by atoms with Gasteiger partial charge in [0.15, 0.2) is 0 Å². The molecule has 2 rings (SSSR count). The normalized spacial score (nSPS) is 12.3. The van der Waals surface area contributed by atoms with Crippen molar-refractivity contribution < 1.29 is 0 Å². The third kappa shape index (κ3) is 1.84. The largest absolute Gasteiger partial charge is 0.281 e. The van der Waals surface area contributed by atoms with Crippen molar-refractivity contribution in [3.8, 4) is 0 Å². The summed E-state index contributed by atoms with van der Waals surface area (Å²) in [5.41, 5.74) is 1.84. The Hall–Kier alpha value is -0.730. The molecule has 1 aromatic heterocycles. The Labute approximate surface area is 98.6 Å². The summed E-state index contributed by atoms with van der Waals surface area (Å²) in [5, 5.41) is 9.46. The number of aromatic nitrogens is 2. The fourth-order valence-corrected chi connectivity index (χ4v) is 2.15. The van der Waals surface area contributed by atoms with E-state index in [0.29, 0.717) is 10.0 Å². The van der Waals surface area contributed by atoms with Crippen molar-refractivity contribution in [3.05, 3.63) is 27.9 Å². The van der Waals surface area contributed by atoms with E-state index in [4.69, 9.17) is 23.2 Å². The van der Waals surface area contributed by atoms with Crippen LogP contribution in [-0.2, 0) is 5.41 Å². The van der Waals surface area contributed by atoms with Gasteiger partial charge in [0.25, 0.3) is 0 Å². The summed E-state index contributed by atoms with van der Waals surface area (Å²) in [4.78, 5) is 0. The summed E-state index contributed by atoms with van der Waals surface area (Å²) in [6.07, 6.45) is 0. The van der Waals surface area contributed by atoms with E-state index in [-0.39, 0.29) is 5.41 Å². The van der Waals surface area contributed by atoms with Crippen LogP contribution in [0.2, 0.25) is 10.0 Å². The number of H-pyrrole nitrogens is 1. The lowest BCUT2D eigenvalue weighted by Gasteiger charge is -2.16. The van der Waals surface area contributed by atoms with Crippen molar-refractivity contribution in [1.29, 1.82) is 0 Å². The summed E-state index contributed by atoms with van der Waals surface area (Å²) in [5.74, 6) is 0. The Bertz CT molecular complexity index is 509. The van der Waals surface area contributed by atoms with E-state index in [9.17, 15) is 0 Å². The van der Waals surface area contributed by atoms with Gasteiger partial charge in [-0.3, -0.25) is 5.10 Å². The van der Waals surface area contributed by atoms with Crippen molar-refractivity contribution >= 4 is 34.1 Å².